The van der Waals surface area contributed by atoms with Crippen LogP contribution in [0.1, 0.15) is 35.7 Å². The number of piperidine rings is 1. The maximum absolute atomic E-state index is 4.51. The third-order valence-electron chi connectivity index (χ3n) is 3.69. The van der Waals surface area contributed by atoms with Crippen molar-refractivity contribution in [2.45, 2.75) is 32.6 Å². The summed E-state index contributed by atoms with van der Waals surface area (Å²) >= 11 is 0. The molecule has 0 radical (unpaired) electrons. The summed E-state index contributed by atoms with van der Waals surface area (Å²) in [5, 5.41) is 4.51. The minimum Gasteiger partial charge on any atom is -0.306 e. The highest BCUT2D eigenvalue weighted by Gasteiger charge is 2.23. The van der Waals surface area contributed by atoms with E-state index in [9.17, 15) is 0 Å². The van der Waals surface area contributed by atoms with Crippen molar-refractivity contribution in [3.8, 4) is 0 Å². The second-order valence-corrected chi connectivity index (χ2v) is 4.79. The van der Waals surface area contributed by atoms with Crippen molar-refractivity contribution in [1.29, 1.82) is 0 Å². The third kappa shape index (κ3) is 1.93. The fourth-order valence-electron chi connectivity index (χ4n) is 2.68. The molecule has 2 rings (SSSR count). The van der Waals surface area contributed by atoms with E-state index < -0.39 is 0 Å². The van der Waals surface area contributed by atoms with Gasteiger partial charge < -0.3 is 4.90 Å². The van der Waals surface area contributed by atoms with Crippen LogP contribution in [0.2, 0.25) is 0 Å². The van der Waals surface area contributed by atoms with Gasteiger partial charge in [0.1, 0.15) is 0 Å². The molecule has 1 saturated heterocycles. The minimum atomic E-state index is 0.731. The molecule has 0 saturated carbocycles. The maximum atomic E-state index is 4.51. The number of hydrogen-bond acceptors (Lipinski definition) is 2. The molecule has 15 heavy (non-hydrogen) atoms. The summed E-state index contributed by atoms with van der Waals surface area (Å²) in [4.78, 5) is 2.41. The van der Waals surface area contributed by atoms with E-state index in [0.29, 0.717) is 0 Å². The van der Waals surface area contributed by atoms with E-state index in [1.807, 2.05) is 11.7 Å². The average molecular weight is 207 g/mol. The zero-order chi connectivity index (χ0) is 11.0. The van der Waals surface area contributed by atoms with Crippen LogP contribution in [0.4, 0.5) is 0 Å². The first-order valence-electron chi connectivity index (χ1n) is 5.78. The SMILES string of the molecule is Cc1nn(C)c(C)c1C1CCN(C)CC1. The number of likely N-dealkylation sites (tertiary alicyclic amines) is 1. The van der Waals surface area contributed by atoms with Gasteiger partial charge in [0.25, 0.3) is 0 Å². The fraction of sp³-hybridized carbons (Fsp3) is 0.750. The van der Waals surface area contributed by atoms with E-state index in [1.54, 1.807) is 0 Å². The fourth-order valence-corrected chi connectivity index (χ4v) is 2.68. The summed E-state index contributed by atoms with van der Waals surface area (Å²) in [5.41, 5.74) is 4.08. The number of hydrogen-bond donors (Lipinski definition) is 0. The van der Waals surface area contributed by atoms with Crippen LogP contribution in [0.15, 0.2) is 0 Å². The molecular formula is C12H21N3. The second-order valence-electron chi connectivity index (χ2n) is 4.79. The lowest BCUT2D eigenvalue weighted by molar-refractivity contribution is 0.254. The Morgan fingerprint density at radius 2 is 1.73 bits per heavy atom. The van der Waals surface area contributed by atoms with Gasteiger partial charge in [-0.25, -0.2) is 0 Å². The number of aryl methyl sites for hydroxylation is 2. The molecule has 1 fully saturated rings. The lowest BCUT2D eigenvalue weighted by Gasteiger charge is -2.29. The molecule has 1 aliphatic heterocycles. The second kappa shape index (κ2) is 3.97. The van der Waals surface area contributed by atoms with Gasteiger partial charge >= 0.3 is 0 Å². The standard InChI is InChI=1S/C12H21N3/c1-9-12(10(2)15(4)13-9)11-5-7-14(3)8-6-11/h11H,5-8H2,1-4H3. The van der Waals surface area contributed by atoms with Crippen LogP contribution >= 0.6 is 0 Å². The Balaban J connectivity index is 2.22. The van der Waals surface area contributed by atoms with Gasteiger partial charge in [0.2, 0.25) is 0 Å². The predicted octanol–water partition coefficient (Wildman–Crippen LogP) is 1.85. The van der Waals surface area contributed by atoms with Crippen LogP contribution < -0.4 is 0 Å². The molecule has 1 aromatic heterocycles. The normalized spacial score (nSPS) is 19.7. The summed E-state index contributed by atoms with van der Waals surface area (Å²) in [6.45, 7) is 6.77. The van der Waals surface area contributed by atoms with Crippen LogP contribution in [0, 0.1) is 13.8 Å². The van der Waals surface area contributed by atoms with Crippen molar-refractivity contribution in [3.63, 3.8) is 0 Å². The van der Waals surface area contributed by atoms with Crippen LogP contribution in [-0.2, 0) is 7.05 Å². The monoisotopic (exact) mass is 207 g/mol. The Hall–Kier alpha value is -0.830. The third-order valence-corrected chi connectivity index (χ3v) is 3.69. The van der Waals surface area contributed by atoms with E-state index in [0.717, 1.165) is 5.92 Å². The maximum Gasteiger partial charge on any atom is 0.0631 e. The topological polar surface area (TPSA) is 21.1 Å². The Kier molecular flexibility index (Phi) is 2.83. The molecule has 3 heteroatoms. The van der Waals surface area contributed by atoms with Crippen molar-refractivity contribution in [3.05, 3.63) is 17.0 Å². The van der Waals surface area contributed by atoms with Gasteiger partial charge in [0.05, 0.1) is 5.69 Å². The highest BCUT2D eigenvalue weighted by molar-refractivity contribution is 5.29. The zero-order valence-electron chi connectivity index (χ0n) is 10.2. The first-order chi connectivity index (χ1) is 7.09. The first-order valence-corrected chi connectivity index (χ1v) is 5.78. The summed E-state index contributed by atoms with van der Waals surface area (Å²) in [6, 6.07) is 0. The van der Waals surface area contributed by atoms with Crippen molar-refractivity contribution in [1.82, 2.24) is 14.7 Å². The Morgan fingerprint density at radius 1 is 1.13 bits per heavy atom. The quantitative estimate of drug-likeness (QED) is 0.700. The number of aromatic nitrogens is 2. The summed E-state index contributed by atoms with van der Waals surface area (Å²) in [5.74, 6) is 0.731. The van der Waals surface area contributed by atoms with Gasteiger partial charge in [-0.05, 0) is 58.3 Å². The van der Waals surface area contributed by atoms with E-state index in [4.69, 9.17) is 0 Å². The van der Waals surface area contributed by atoms with Crippen LogP contribution in [0.3, 0.4) is 0 Å². The van der Waals surface area contributed by atoms with E-state index >= 15 is 0 Å². The molecule has 0 bridgehead atoms. The van der Waals surface area contributed by atoms with Gasteiger partial charge in [0.15, 0.2) is 0 Å². The lowest BCUT2D eigenvalue weighted by atomic mass is 9.88. The smallest absolute Gasteiger partial charge is 0.0631 e. The predicted molar refractivity (Wildman–Crippen MR) is 62.2 cm³/mol. The molecule has 0 aliphatic carbocycles. The molecule has 84 valence electrons. The largest absolute Gasteiger partial charge is 0.306 e. The lowest BCUT2D eigenvalue weighted by Crippen LogP contribution is -2.29. The minimum absolute atomic E-state index is 0.731. The van der Waals surface area contributed by atoms with Gasteiger partial charge in [-0.15, -0.1) is 0 Å². The molecule has 0 spiro atoms. The Morgan fingerprint density at radius 3 is 2.20 bits per heavy atom. The van der Waals surface area contributed by atoms with Crippen molar-refractivity contribution < 1.29 is 0 Å². The molecule has 2 heterocycles. The van der Waals surface area contributed by atoms with E-state index in [2.05, 4.69) is 30.9 Å². The summed E-state index contributed by atoms with van der Waals surface area (Å²) < 4.78 is 2.02. The highest BCUT2D eigenvalue weighted by Crippen LogP contribution is 2.31. The van der Waals surface area contributed by atoms with Crippen molar-refractivity contribution in [2.24, 2.45) is 7.05 Å². The highest BCUT2D eigenvalue weighted by atomic mass is 15.3. The molecular weight excluding hydrogens is 186 g/mol. The van der Waals surface area contributed by atoms with Gasteiger partial charge in [-0.2, -0.15) is 5.10 Å². The van der Waals surface area contributed by atoms with Crippen molar-refractivity contribution in [2.75, 3.05) is 20.1 Å². The van der Waals surface area contributed by atoms with Crippen LogP contribution in [-0.4, -0.2) is 34.8 Å². The van der Waals surface area contributed by atoms with E-state index in [1.165, 1.54) is 42.9 Å². The Labute approximate surface area is 92.1 Å². The molecule has 1 aliphatic rings. The zero-order valence-corrected chi connectivity index (χ0v) is 10.2. The average Bonchev–Trinajstić information content (AvgIpc) is 2.44. The van der Waals surface area contributed by atoms with Gasteiger partial charge in [-0.1, -0.05) is 0 Å². The number of nitrogens with zero attached hydrogens (tertiary/aromatic N) is 3. The summed E-state index contributed by atoms with van der Waals surface area (Å²) in [6.07, 6.45) is 2.56. The molecule has 0 N–H and O–H groups in total. The van der Waals surface area contributed by atoms with Gasteiger partial charge in [0, 0.05) is 12.7 Å². The van der Waals surface area contributed by atoms with Gasteiger partial charge in [-0.3, -0.25) is 4.68 Å². The van der Waals surface area contributed by atoms with Crippen LogP contribution in [0.25, 0.3) is 0 Å². The molecule has 0 atom stereocenters. The molecule has 3 nitrogen and oxygen atoms in total. The van der Waals surface area contributed by atoms with Crippen LogP contribution in [0.5, 0.6) is 0 Å². The Bertz CT molecular complexity index is 346. The summed E-state index contributed by atoms with van der Waals surface area (Å²) in [7, 11) is 4.25. The molecule has 0 aromatic carbocycles. The molecule has 0 unspecified atom stereocenters. The first kappa shape index (κ1) is 10.7. The number of rotatable bonds is 1. The molecule has 0 amide bonds. The van der Waals surface area contributed by atoms with E-state index in [-0.39, 0.29) is 0 Å². The van der Waals surface area contributed by atoms with Crippen molar-refractivity contribution >= 4 is 0 Å². The molecule has 1 aromatic rings.